The molecule has 0 spiro atoms. The van der Waals surface area contributed by atoms with Crippen LogP contribution in [-0.2, 0) is 11.2 Å². The van der Waals surface area contributed by atoms with Crippen LogP contribution in [0.4, 0.5) is 5.69 Å². The van der Waals surface area contributed by atoms with Crippen molar-refractivity contribution in [2.75, 3.05) is 12.1 Å². The lowest BCUT2D eigenvalue weighted by Gasteiger charge is -2.11. The van der Waals surface area contributed by atoms with Gasteiger partial charge in [-0.3, -0.25) is 30.7 Å². The molecule has 2 rings (SSSR count). The number of phenols is 1. The largest absolute Gasteiger partial charge is 0.508 e. The van der Waals surface area contributed by atoms with Crippen LogP contribution in [-0.4, -0.2) is 29.2 Å². The molecule has 0 unspecified atom stereocenters. The molecule has 0 radical (unpaired) electrons. The fourth-order valence-corrected chi connectivity index (χ4v) is 1.92. The number of nitrogens with one attached hydrogen (secondary N) is 2. The minimum Gasteiger partial charge on any atom is -0.508 e. The van der Waals surface area contributed by atoms with Crippen molar-refractivity contribution in [3.63, 3.8) is 0 Å². The summed E-state index contributed by atoms with van der Waals surface area (Å²) in [7, 11) is 1.47. The van der Waals surface area contributed by atoms with Crippen molar-refractivity contribution >= 4 is 17.5 Å². The minimum absolute atomic E-state index is 0.0307. The number of hydrogen-bond acceptors (Lipinski definition) is 5. The molecule has 23 heavy (non-hydrogen) atoms. The van der Waals surface area contributed by atoms with E-state index in [0.29, 0.717) is 16.8 Å². The van der Waals surface area contributed by atoms with E-state index in [9.17, 15) is 19.9 Å². The summed E-state index contributed by atoms with van der Waals surface area (Å²) in [5.74, 6) is -0.801. The van der Waals surface area contributed by atoms with Crippen LogP contribution in [0.25, 0.3) is 0 Å². The maximum atomic E-state index is 11.9. The number of aromatic hydroxyl groups is 1. The summed E-state index contributed by atoms with van der Waals surface area (Å²) in [6.07, 6.45) is 0.0307. The van der Waals surface area contributed by atoms with Crippen LogP contribution in [0.2, 0.25) is 0 Å². The third-order valence-corrected chi connectivity index (χ3v) is 3.09. The Labute approximate surface area is 133 Å². The summed E-state index contributed by atoms with van der Waals surface area (Å²) in [5, 5.41) is 19.5. The summed E-state index contributed by atoms with van der Waals surface area (Å²) < 4.78 is 0. The van der Waals surface area contributed by atoms with E-state index in [1.165, 1.54) is 31.3 Å². The number of hydrogen-bond donors (Lipinski definition) is 4. The molecule has 0 bridgehead atoms. The summed E-state index contributed by atoms with van der Waals surface area (Å²) in [6, 6.07) is 12.5. The van der Waals surface area contributed by atoms with E-state index in [2.05, 4.69) is 10.9 Å². The monoisotopic (exact) mass is 315 g/mol. The van der Waals surface area contributed by atoms with Gasteiger partial charge in [-0.15, -0.1) is 0 Å². The van der Waals surface area contributed by atoms with Crippen LogP contribution < -0.4 is 15.9 Å². The van der Waals surface area contributed by atoms with E-state index in [4.69, 9.17) is 0 Å². The predicted octanol–water partition coefficient (Wildman–Crippen LogP) is 1.22. The second-order valence-corrected chi connectivity index (χ2v) is 4.92. The van der Waals surface area contributed by atoms with Crippen molar-refractivity contribution in [3.05, 3.63) is 59.7 Å². The molecule has 7 heteroatoms. The predicted molar refractivity (Wildman–Crippen MR) is 84.1 cm³/mol. The van der Waals surface area contributed by atoms with Gasteiger partial charge in [-0.05, 0) is 42.0 Å². The highest BCUT2D eigenvalue weighted by Crippen LogP contribution is 2.12. The third-order valence-electron chi connectivity index (χ3n) is 3.09. The number of rotatable bonds is 4. The van der Waals surface area contributed by atoms with Crippen LogP contribution in [0.15, 0.2) is 48.5 Å². The lowest BCUT2D eigenvalue weighted by Crippen LogP contribution is -2.42. The van der Waals surface area contributed by atoms with Crippen LogP contribution in [0.3, 0.4) is 0 Å². The number of amides is 2. The zero-order chi connectivity index (χ0) is 16.8. The Morgan fingerprint density at radius 2 is 1.78 bits per heavy atom. The van der Waals surface area contributed by atoms with Crippen LogP contribution in [0, 0.1) is 0 Å². The lowest BCUT2D eigenvalue weighted by molar-refractivity contribution is -0.121. The average Bonchev–Trinajstić information content (AvgIpc) is 2.52. The van der Waals surface area contributed by atoms with Crippen molar-refractivity contribution < 1.29 is 19.9 Å². The first-order valence-corrected chi connectivity index (χ1v) is 6.85. The van der Waals surface area contributed by atoms with E-state index in [1.54, 1.807) is 24.3 Å². The van der Waals surface area contributed by atoms with Crippen molar-refractivity contribution in [1.29, 1.82) is 0 Å². The normalized spacial score (nSPS) is 10.0. The molecule has 7 nitrogen and oxygen atoms in total. The van der Waals surface area contributed by atoms with Crippen molar-refractivity contribution in [2.24, 2.45) is 0 Å². The molecule has 0 saturated carbocycles. The molecule has 2 aromatic rings. The first-order chi connectivity index (χ1) is 11.0. The van der Waals surface area contributed by atoms with E-state index in [-0.39, 0.29) is 12.2 Å². The fraction of sp³-hybridized carbons (Fsp3) is 0.125. The van der Waals surface area contributed by atoms with Gasteiger partial charge in [0.25, 0.3) is 5.91 Å². The first-order valence-electron chi connectivity index (χ1n) is 6.85. The SMILES string of the molecule is CN(O)c1ccc(C(=O)NNC(=O)Cc2cccc(O)c2)cc1. The van der Waals surface area contributed by atoms with Gasteiger partial charge in [-0.25, -0.2) is 0 Å². The van der Waals surface area contributed by atoms with Crippen LogP contribution in [0.1, 0.15) is 15.9 Å². The number of carbonyl (C=O) groups is 2. The molecule has 0 aliphatic carbocycles. The number of carbonyl (C=O) groups excluding carboxylic acids is 2. The van der Waals surface area contributed by atoms with E-state index in [0.717, 1.165) is 5.06 Å². The zero-order valence-corrected chi connectivity index (χ0v) is 12.5. The Morgan fingerprint density at radius 1 is 1.09 bits per heavy atom. The zero-order valence-electron chi connectivity index (χ0n) is 12.5. The topological polar surface area (TPSA) is 102 Å². The molecule has 2 aromatic carbocycles. The van der Waals surface area contributed by atoms with Crippen molar-refractivity contribution in [3.8, 4) is 5.75 Å². The maximum absolute atomic E-state index is 11.9. The van der Waals surface area contributed by atoms with Gasteiger partial charge in [0.2, 0.25) is 5.91 Å². The average molecular weight is 315 g/mol. The standard InChI is InChI=1S/C16H17N3O4/c1-19(23)13-7-5-12(6-8-13)16(22)18-17-15(21)10-11-3-2-4-14(20)9-11/h2-9,20,23H,10H2,1H3,(H,17,21)(H,18,22). The number of nitrogens with zero attached hydrogens (tertiary/aromatic N) is 1. The molecule has 0 saturated heterocycles. The Balaban J connectivity index is 1.87. The molecular weight excluding hydrogens is 298 g/mol. The van der Waals surface area contributed by atoms with E-state index >= 15 is 0 Å². The Hall–Kier alpha value is -3.06. The maximum Gasteiger partial charge on any atom is 0.269 e. The van der Waals surface area contributed by atoms with Gasteiger partial charge in [-0.1, -0.05) is 12.1 Å². The first kappa shape index (κ1) is 16.3. The van der Waals surface area contributed by atoms with Gasteiger partial charge >= 0.3 is 0 Å². The summed E-state index contributed by atoms with van der Waals surface area (Å²) in [6.45, 7) is 0. The third kappa shape index (κ3) is 4.72. The molecule has 0 aliphatic heterocycles. The van der Waals surface area contributed by atoms with Gasteiger partial charge in [0.1, 0.15) is 5.75 Å². The second-order valence-electron chi connectivity index (χ2n) is 4.92. The smallest absolute Gasteiger partial charge is 0.269 e. The van der Waals surface area contributed by atoms with Crippen molar-refractivity contribution in [1.82, 2.24) is 10.9 Å². The van der Waals surface area contributed by atoms with Crippen LogP contribution in [0.5, 0.6) is 5.75 Å². The highest BCUT2D eigenvalue weighted by atomic mass is 16.5. The van der Waals surface area contributed by atoms with Gasteiger partial charge in [0, 0.05) is 12.6 Å². The summed E-state index contributed by atoms with van der Waals surface area (Å²) in [4.78, 5) is 23.7. The molecule has 0 aliphatic rings. The molecule has 0 atom stereocenters. The number of hydroxylamine groups is 1. The lowest BCUT2D eigenvalue weighted by atomic mass is 10.1. The number of hydrazine groups is 1. The summed E-state index contributed by atoms with van der Waals surface area (Å²) in [5.41, 5.74) is 6.12. The van der Waals surface area contributed by atoms with Crippen molar-refractivity contribution in [2.45, 2.75) is 6.42 Å². The Kier molecular flexibility index (Phi) is 5.16. The highest BCUT2D eigenvalue weighted by molar-refractivity contribution is 5.95. The molecule has 120 valence electrons. The fourth-order valence-electron chi connectivity index (χ4n) is 1.92. The minimum atomic E-state index is -0.471. The highest BCUT2D eigenvalue weighted by Gasteiger charge is 2.09. The Bertz CT molecular complexity index is 699. The molecule has 0 fully saturated rings. The van der Waals surface area contributed by atoms with E-state index < -0.39 is 11.8 Å². The van der Waals surface area contributed by atoms with Gasteiger partial charge in [0.15, 0.2) is 0 Å². The second kappa shape index (κ2) is 7.28. The quantitative estimate of drug-likeness (QED) is 0.636. The molecular formula is C16H17N3O4. The molecule has 2 amide bonds. The molecule has 0 heterocycles. The number of anilines is 1. The molecule has 4 N–H and O–H groups in total. The van der Waals surface area contributed by atoms with Gasteiger partial charge < -0.3 is 5.11 Å². The van der Waals surface area contributed by atoms with Gasteiger partial charge in [-0.2, -0.15) is 0 Å². The molecule has 0 aromatic heterocycles. The number of benzene rings is 2. The summed E-state index contributed by atoms with van der Waals surface area (Å²) >= 11 is 0. The van der Waals surface area contributed by atoms with E-state index in [1.807, 2.05) is 0 Å². The van der Waals surface area contributed by atoms with Crippen LogP contribution >= 0.6 is 0 Å². The number of phenolic OH excluding ortho intramolecular Hbond substituents is 1. The van der Waals surface area contributed by atoms with Gasteiger partial charge in [0.05, 0.1) is 12.1 Å². The Morgan fingerprint density at radius 3 is 2.39 bits per heavy atom.